The molecule has 1 saturated carbocycles. The highest BCUT2D eigenvalue weighted by atomic mass is 32.1. The van der Waals surface area contributed by atoms with Crippen LogP contribution in [-0.4, -0.2) is 16.9 Å². The molecule has 2 atom stereocenters. The first-order valence-corrected chi connectivity index (χ1v) is 7.24. The van der Waals surface area contributed by atoms with Crippen molar-refractivity contribution in [2.75, 3.05) is 0 Å². The van der Waals surface area contributed by atoms with Crippen molar-refractivity contribution in [2.45, 2.75) is 19.4 Å². The summed E-state index contributed by atoms with van der Waals surface area (Å²) in [4.78, 5) is 18.0. The van der Waals surface area contributed by atoms with Gasteiger partial charge in [0.15, 0.2) is 0 Å². The second-order valence-electron chi connectivity index (χ2n) is 4.30. The summed E-state index contributed by atoms with van der Waals surface area (Å²) in [6.07, 6.45) is 2.77. The minimum atomic E-state index is 0.0136. The van der Waals surface area contributed by atoms with E-state index in [-0.39, 0.29) is 5.91 Å². The quantitative estimate of drug-likeness (QED) is 0.926. The Balaban J connectivity index is 1.74. The summed E-state index contributed by atoms with van der Waals surface area (Å²) in [6.45, 7) is 2.15. The highest BCUT2D eigenvalue weighted by molar-refractivity contribution is 7.21. The molecule has 1 amide bonds. The van der Waals surface area contributed by atoms with Gasteiger partial charge < -0.3 is 5.32 Å². The first-order chi connectivity index (χ1) is 8.24. The highest BCUT2D eigenvalue weighted by Gasteiger charge is 2.34. The van der Waals surface area contributed by atoms with Crippen LogP contribution in [0.5, 0.6) is 0 Å². The lowest BCUT2D eigenvalue weighted by Gasteiger charge is -1.99. The van der Waals surface area contributed by atoms with Gasteiger partial charge in [0.2, 0.25) is 0 Å². The fourth-order valence-electron chi connectivity index (χ4n) is 1.66. The third kappa shape index (κ3) is 2.25. The summed E-state index contributed by atoms with van der Waals surface area (Å²) < 4.78 is 0. The second kappa shape index (κ2) is 4.23. The lowest BCUT2D eigenvalue weighted by atomic mass is 10.4. The van der Waals surface area contributed by atoms with Gasteiger partial charge in [0.1, 0.15) is 9.88 Å². The smallest absolute Gasteiger partial charge is 0.263 e. The minimum Gasteiger partial charge on any atom is -0.348 e. The first kappa shape index (κ1) is 10.9. The number of hydrogen-bond acceptors (Lipinski definition) is 4. The number of thiophene rings is 1. The molecule has 3 rings (SSSR count). The van der Waals surface area contributed by atoms with Gasteiger partial charge in [0, 0.05) is 6.04 Å². The van der Waals surface area contributed by atoms with Crippen molar-refractivity contribution in [1.82, 2.24) is 10.3 Å². The molecule has 0 unspecified atom stereocenters. The average molecular weight is 264 g/mol. The summed E-state index contributed by atoms with van der Waals surface area (Å²) >= 11 is 3.10. The number of hydrogen-bond donors (Lipinski definition) is 1. The molecule has 0 saturated heterocycles. The molecule has 1 aliphatic rings. The van der Waals surface area contributed by atoms with Gasteiger partial charge >= 0.3 is 0 Å². The van der Waals surface area contributed by atoms with E-state index in [9.17, 15) is 4.79 Å². The molecule has 2 aromatic heterocycles. The maximum atomic E-state index is 11.9. The molecule has 0 aromatic carbocycles. The van der Waals surface area contributed by atoms with E-state index < -0.39 is 0 Å². The molecule has 1 N–H and O–H groups in total. The molecular formula is C12H12N2OS2. The van der Waals surface area contributed by atoms with E-state index in [1.54, 1.807) is 17.5 Å². The summed E-state index contributed by atoms with van der Waals surface area (Å²) in [5.41, 5.74) is 0. The van der Waals surface area contributed by atoms with Gasteiger partial charge in [-0.3, -0.25) is 4.79 Å². The van der Waals surface area contributed by atoms with Crippen molar-refractivity contribution in [3.63, 3.8) is 0 Å². The normalized spacial score (nSPS) is 22.4. The van der Waals surface area contributed by atoms with E-state index in [4.69, 9.17) is 0 Å². The maximum absolute atomic E-state index is 11.9. The standard InChI is InChI=1S/C12H12N2OS2/c1-7-5-8(7)14-11(15)10-6-13-12(17-10)9-3-2-4-16-9/h2-4,6-8H,5H2,1H3,(H,14,15)/t7-,8+/m1/s1. The number of thiazole rings is 1. The van der Waals surface area contributed by atoms with E-state index in [0.717, 1.165) is 16.3 Å². The third-order valence-corrected chi connectivity index (χ3v) is 4.92. The third-order valence-electron chi connectivity index (χ3n) is 2.89. The van der Waals surface area contributed by atoms with Gasteiger partial charge in [-0.25, -0.2) is 4.98 Å². The second-order valence-corrected chi connectivity index (χ2v) is 6.28. The topological polar surface area (TPSA) is 42.0 Å². The fourth-order valence-corrected chi connectivity index (χ4v) is 3.28. The van der Waals surface area contributed by atoms with Gasteiger partial charge in [0.25, 0.3) is 5.91 Å². The molecule has 2 aromatic rings. The van der Waals surface area contributed by atoms with Gasteiger partial charge in [0.05, 0.1) is 11.1 Å². The van der Waals surface area contributed by atoms with Crippen LogP contribution < -0.4 is 5.32 Å². The van der Waals surface area contributed by atoms with E-state index >= 15 is 0 Å². The zero-order valence-corrected chi connectivity index (χ0v) is 11.0. The largest absolute Gasteiger partial charge is 0.348 e. The maximum Gasteiger partial charge on any atom is 0.263 e. The Morgan fingerprint density at radius 1 is 1.59 bits per heavy atom. The molecule has 0 spiro atoms. The molecular weight excluding hydrogens is 252 g/mol. The van der Waals surface area contributed by atoms with Crippen molar-refractivity contribution in [1.29, 1.82) is 0 Å². The zero-order chi connectivity index (χ0) is 11.8. The molecule has 17 heavy (non-hydrogen) atoms. The molecule has 2 heterocycles. The Morgan fingerprint density at radius 2 is 2.41 bits per heavy atom. The summed E-state index contributed by atoms with van der Waals surface area (Å²) in [5, 5.41) is 5.95. The molecule has 0 radical (unpaired) electrons. The number of carbonyl (C=O) groups is 1. The number of nitrogens with zero attached hydrogens (tertiary/aromatic N) is 1. The number of nitrogens with one attached hydrogen (secondary N) is 1. The van der Waals surface area contributed by atoms with Crippen LogP contribution in [0.2, 0.25) is 0 Å². The number of aromatic nitrogens is 1. The highest BCUT2D eigenvalue weighted by Crippen LogP contribution is 2.31. The van der Waals surface area contributed by atoms with E-state index in [2.05, 4.69) is 17.2 Å². The zero-order valence-electron chi connectivity index (χ0n) is 9.34. The lowest BCUT2D eigenvalue weighted by Crippen LogP contribution is -2.25. The Morgan fingerprint density at radius 3 is 3.06 bits per heavy atom. The molecule has 1 aliphatic carbocycles. The Kier molecular flexibility index (Phi) is 2.72. The van der Waals surface area contributed by atoms with E-state index in [0.29, 0.717) is 16.8 Å². The van der Waals surface area contributed by atoms with Crippen LogP contribution >= 0.6 is 22.7 Å². The number of rotatable bonds is 3. The summed E-state index contributed by atoms with van der Waals surface area (Å²) in [5.74, 6) is 0.642. The lowest BCUT2D eigenvalue weighted by molar-refractivity contribution is 0.0953. The summed E-state index contributed by atoms with van der Waals surface area (Å²) in [7, 11) is 0. The van der Waals surface area contributed by atoms with Crippen LogP contribution in [0, 0.1) is 5.92 Å². The molecule has 88 valence electrons. The molecule has 3 nitrogen and oxygen atoms in total. The summed E-state index contributed by atoms with van der Waals surface area (Å²) in [6, 6.07) is 4.39. The van der Waals surface area contributed by atoms with Gasteiger partial charge in [-0.1, -0.05) is 13.0 Å². The van der Waals surface area contributed by atoms with E-state index in [1.165, 1.54) is 11.3 Å². The predicted octanol–water partition coefficient (Wildman–Crippen LogP) is 3.01. The Bertz CT molecular complexity index is 532. The molecule has 5 heteroatoms. The van der Waals surface area contributed by atoms with Crippen molar-refractivity contribution in [3.8, 4) is 9.88 Å². The van der Waals surface area contributed by atoms with Crippen molar-refractivity contribution in [2.24, 2.45) is 5.92 Å². The van der Waals surface area contributed by atoms with Crippen LogP contribution in [-0.2, 0) is 0 Å². The number of carbonyl (C=O) groups excluding carboxylic acids is 1. The number of amides is 1. The minimum absolute atomic E-state index is 0.0136. The van der Waals surface area contributed by atoms with Crippen LogP contribution in [0.3, 0.4) is 0 Å². The van der Waals surface area contributed by atoms with Gasteiger partial charge in [-0.2, -0.15) is 0 Å². The van der Waals surface area contributed by atoms with Crippen LogP contribution in [0.25, 0.3) is 9.88 Å². The van der Waals surface area contributed by atoms with Crippen molar-refractivity contribution < 1.29 is 4.79 Å². The Labute approximate surface area is 108 Å². The van der Waals surface area contributed by atoms with Gasteiger partial charge in [-0.15, -0.1) is 22.7 Å². The molecule has 0 bridgehead atoms. The van der Waals surface area contributed by atoms with Crippen LogP contribution in [0.15, 0.2) is 23.7 Å². The predicted molar refractivity (Wildman–Crippen MR) is 70.5 cm³/mol. The Hall–Kier alpha value is -1.20. The molecule has 0 aliphatic heterocycles. The van der Waals surface area contributed by atoms with Crippen LogP contribution in [0.4, 0.5) is 0 Å². The van der Waals surface area contributed by atoms with Crippen molar-refractivity contribution in [3.05, 3.63) is 28.6 Å². The van der Waals surface area contributed by atoms with Crippen LogP contribution in [0.1, 0.15) is 23.0 Å². The monoisotopic (exact) mass is 264 g/mol. The SMILES string of the molecule is C[C@@H]1C[C@@H]1NC(=O)c1cnc(-c2cccs2)s1. The first-order valence-electron chi connectivity index (χ1n) is 5.54. The van der Waals surface area contributed by atoms with Crippen molar-refractivity contribution >= 4 is 28.6 Å². The van der Waals surface area contributed by atoms with Gasteiger partial charge in [-0.05, 0) is 23.8 Å². The average Bonchev–Trinajstić information content (AvgIpc) is 2.86. The fraction of sp³-hybridized carbons (Fsp3) is 0.333. The molecule has 1 fully saturated rings. The van der Waals surface area contributed by atoms with E-state index in [1.807, 2.05) is 17.5 Å².